The molecule has 4 heterocycles. The molecule has 0 radical (unpaired) electrons. The fourth-order valence-corrected chi connectivity index (χ4v) is 4.70. The van der Waals surface area contributed by atoms with Crippen LogP contribution in [0.5, 0.6) is 0 Å². The van der Waals surface area contributed by atoms with Crippen LogP contribution in [0.25, 0.3) is 0 Å². The first-order chi connectivity index (χ1) is 16.0. The first-order valence-electron chi connectivity index (χ1n) is 11.7. The first-order valence-corrected chi connectivity index (χ1v) is 11.7. The number of nitriles is 1. The molecule has 3 fully saturated rings. The topological polar surface area (TPSA) is 158 Å². The van der Waals surface area contributed by atoms with Gasteiger partial charge in [0.05, 0.1) is 61.1 Å². The fraction of sp³-hybridized carbons (Fsp3) is 0.682. The summed E-state index contributed by atoms with van der Waals surface area (Å²) < 4.78 is 5.32. The number of rotatable bonds is 7. The van der Waals surface area contributed by atoms with Crippen LogP contribution < -0.4 is 32.3 Å². The molecule has 0 aliphatic carbocycles. The van der Waals surface area contributed by atoms with Crippen molar-refractivity contribution >= 4 is 17.3 Å². The lowest BCUT2D eigenvalue weighted by atomic mass is 9.91. The van der Waals surface area contributed by atoms with Crippen molar-refractivity contribution in [2.45, 2.75) is 25.3 Å². The van der Waals surface area contributed by atoms with E-state index in [0.29, 0.717) is 24.8 Å². The van der Waals surface area contributed by atoms with Gasteiger partial charge in [-0.05, 0) is 18.9 Å². The number of pyridine rings is 1. The van der Waals surface area contributed by atoms with Gasteiger partial charge in [-0.3, -0.25) is 14.7 Å². The largest absolute Gasteiger partial charge is 0.378 e. The standard InChI is InChI=1S/C22H35N9O2/c1-14(8-23)15-9-27-21(28-10-15)19(20(24)25)22(32)29-17-11-26-3-2-18(17)31-6-4-30(5-7-31)16-12-33-13-16/h2-3,11,14-16,19-21,27-28H,4-7,9-10,12-13,24-25H2,1H3,(H,29,32). The van der Waals surface area contributed by atoms with Gasteiger partial charge in [-0.2, -0.15) is 5.26 Å². The monoisotopic (exact) mass is 457 g/mol. The molecule has 180 valence electrons. The Hall–Kier alpha value is -2.33. The molecule has 3 aliphatic heterocycles. The Bertz CT molecular complexity index is 841. The molecule has 11 nitrogen and oxygen atoms in total. The SMILES string of the molecule is CC(C#N)C1CNC(C(C(=O)Nc2cnccc2N2CCN(C3COC3)CC2)C(N)N)NC1. The van der Waals surface area contributed by atoms with Gasteiger partial charge in [0.25, 0.3) is 0 Å². The molecule has 1 aromatic heterocycles. The summed E-state index contributed by atoms with van der Waals surface area (Å²) in [5, 5.41) is 18.8. The van der Waals surface area contributed by atoms with Gasteiger partial charge < -0.3 is 37.1 Å². The lowest BCUT2D eigenvalue weighted by Gasteiger charge is -2.43. The van der Waals surface area contributed by atoms with Crippen LogP contribution in [-0.2, 0) is 9.53 Å². The quantitative estimate of drug-likeness (QED) is 0.312. The number of anilines is 2. The Morgan fingerprint density at radius 3 is 2.55 bits per heavy atom. The van der Waals surface area contributed by atoms with Crippen molar-refractivity contribution in [3.05, 3.63) is 18.5 Å². The lowest BCUT2D eigenvalue weighted by Crippen LogP contribution is -2.64. The summed E-state index contributed by atoms with van der Waals surface area (Å²) in [5.41, 5.74) is 13.7. The number of aromatic nitrogens is 1. The van der Waals surface area contributed by atoms with Crippen molar-refractivity contribution in [2.24, 2.45) is 29.2 Å². The second-order valence-electron chi connectivity index (χ2n) is 9.17. The zero-order valence-corrected chi connectivity index (χ0v) is 19.1. The van der Waals surface area contributed by atoms with E-state index in [1.165, 1.54) is 0 Å². The molecular formula is C22H35N9O2. The Kier molecular flexibility index (Phi) is 7.75. The zero-order valence-electron chi connectivity index (χ0n) is 19.1. The summed E-state index contributed by atoms with van der Waals surface area (Å²) in [5.74, 6) is -0.868. The summed E-state index contributed by atoms with van der Waals surface area (Å²) in [6.07, 6.45) is 2.18. The van der Waals surface area contributed by atoms with Crippen LogP contribution in [-0.4, -0.2) is 86.6 Å². The number of hydrogen-bond acceptors (Lipinski definition) is 10. The minimum Gasteiger partial charge on any atom is -0.378 e. The minimum atomic E-state index is -0.853. The summed E-state index contributed by atoms with van der Waals surface area (Å²) in [6, 6.07) is 4.74. The van der Waals surface area contributed by atoms with Gasteiger partial charge in [0.15, 0.2) is 0 Å². The van der Waals surface area contributed by atoms with Crippen molar-refractivity contribution in [3.63, 3.8) is 0 Å². The Morgan fingerprint density at radius 1 is 1.27 bits per heavy atom. The third-order valence-electron chi connectivity index (χ3n) is 7.03. The first kappa shape index (κ1) is 23.8. The van der Waals surface area contributed by atoms with E-state index in [0.717, 1.165) is 45.1 Å². The summed E-state index contributed by atoms with van der Waals surface area (Å²) in [6.45, 7) is 8.43. The number of ether oxygens (including phenoxy) is 1. The number of nitrogens with two attached hydrogens (primary N) is 2. The van der Waals surface area contributed by atoms with E-state index in [1.54, 1.807) is 12.4 Å². The zero-order chi connectivity index (χ0) is 23.4. The minimum absolute atomic E-state index is 0.0833. The third-order valence-corrected chi connectivity index (χ3v) is 7.03. The number of hydrogen-bond donors (Lipinski definition) is 5. The number of piperazine rings is 1. The van der Waals surface area contributed by atoms with E-state index >= 15 is 0 Å². The molecular weight excluding hydrogens is 422 g/mol. The highest BCUT2D eigenvalue weighted by molar-refractivity contribution is 5.96. The van der Waals surface area contributed by atoms with Crippen LogP contribution in [0, 0.1) is 29.1 Å². The Balaban J connectivity index is 1.39. The van der Waals surface area contributed by atoms with Gasteiger partial charge in [0.1, 0.15) is 0 Å². The Labute approximate surface area is 194 Å². The highest BCUT2D eigenvalue weighted by Gasteiger charge is 2.36. The molecule has 0 spiro atoms. The van der Waals surface area contributed by atoms with Gasteiger partial charge in [0.2, 0.25) is 5.91 Å². The van der Waals surface area contributed by atoms with Crippen LogP contribution in [0.3, 0.4) is 0 Å². The van der Waals surface area contributed by atoms with Gasteiger partial charge in [-0.1, -0.05) is 0 Å². The maximum Gasteiger partial charge on any atom is 0.233 e. The smallest absolute Gasteiger partial charge is 0.233 e. The molecule has 4 rings (SSSR count). The van der Waals surface area contributed by atoms with Crippen molar-refractivity contribution in [1.82, 2.24) is 20.5 Å². The summed E-state index contributed by atoms with van der Waals surface area (Å²) in [4.78, 5) is 22.2. The molecule has 0 saturated carbocycles. The van der Waals surface area contributed by atoms with E-state index in [2.05, 4.69) is 36.8 Å². The average Bonchev–Trinajstić information content (AvgIpc) is 2.79. The molecule has 2 atom stereocenters. The molecule has 3 aliphatic rings. The third kappa shape index (κ3) is 5.43. The van der Waals surface area contributed by atoms with E-state index in [4.69, 9.17) is 21.5 Å². The number of carbonyl (C=O) groups is 1. The number of carbonyl (C=O) groups excluding carboxylic acids is 1. The molecule has 2 unspecified atom stereocenters. The summed E-state index contributed by atoms with van der Waals surface area (Å²) in [7, 11) is 0. The fourth-order valence-electron chi connectivity index (χ4n) is 4.70. The van der Waals surface area contributed by atoms with Crippen molar-refractivity contribution in [1.29, 1.82) is 5.26 Å². The van der Waals surface area contributed by atoms with Crippen molar-refractivity contribution < 1.29 is 9.53 Å². The number of nitrogens with zero attached hydrogens (tertiary/aromatic N) is 4. The number of amides is 1. The van der Waals surface area contributed by atoms with E-state index in [9.17, 15) is 4.79 Å². The predicted octanol–water partition coefficient (Wildman–Crippen LogP) is -1.30. The number of nitrogens with one attached hydrogen (secondary N) is 3. The molecule has 0 bridgehead atoms. The maximum atomic E-state index is 13.3. The highest BCUT2D eigenvalue weighted by Crippen LogP contribution is 2.27. The van der Waals surface area contributed by atoms with Crippen molar-refractivity contribution in [3.8, 4) is 6.07 Å². The van der Waals surface area contributed by atoms with E-state index in [-0.39, 0.29) is 23.9 Å². The van der Waals surface area contributed by atoms with Crippen LogP contribution in [0.1, 0.15) is 6.92 Å². The predicted molar refractivity (Wildman–Crippen MR) is 125 cm³/mol. The highest BCUT2D eigenvalue weighted by atomic mass is 16.5. The van der Waals surface area contributed by atoms with Crippen LogP contribution in [0.4, 0.5) is 11.4 Å². The maximum absolute atomic E-state index is 13.3. The normalized spacial score (nSPS) is 26.3. The molecule has 3 saturated heterocycles. The molecule has 7 N–H and O–H groups in total. The molecule has 11 heteroatoms. The van der Waals surface area contributed by atoms with Gasteiger partial charge >= 0.3 is 0 Å². The lowest BCUT2D eigenvalue weighted by molar-refractivity contribution is -0.122. The second-order valence-corrected chi connectivity index (χ2v) is 9.17. The Morgan fingerprint density at radius 2 is 1.97 bits per heavy atom. The van der Waals surface area contributed by atoms with Crippen molar-refractivity contribution in [2.75, 3.05) is 62.7 Å². The van der Waals surface area contributed by atoms with Crippen LogP contribution in [0.2, 0.25) is 0 Å². The molecule has 1 aromatic rings. The molecule has 33 heavy (non-hydrogen) atoms. The molecule has 0 aromatic carbocycles. The van der Waals surface area contributed by atoms with E-state index in [1.807, 2.05) is 13.0 Å². The van der Waals surface area contributed by atoms with Gasteiger partial charge in [0, 0.05) is 51.4 Å². The van der Waals surface area contributed by atoms with Gasteiger partial charge in [-0.25, -0.2) is 0 Å². The van der Waals surface area contributed by atoms with Crippen LogP contribution >= 0.6 is 0 Å². The van der Waals surface area contributed by atoms with Gasteiger partial charge in [-0.15, -0.1) is 0 Å². The average molecular weight is 458 g/mol. The summed E-state index contributed by atoms with van der Waals surface area (Å²) >= 11 is 0. The van der Waals surface area contributed by atoms with Crippen LogP contribution in [0.15, 0.2) is 18.5 Å². The second kappa shape index (κ2) is 10.7. The molecule has 1 amide bonds. The van der Waals surface area contributed by atoms with E-state index < -0.39 is 12.1 Å².